The molecule has 1 aliphatic rings. The maximum atomic E-state index is 12.9. The second kappa shape index (κ2) is 8.25. The van der Waals surface area contributed by atoms with E-state index in [1.165, 1.54) is 0 Å². The molecule has 1 aliphatic heterocycles. The van der Waals surface area contributed by atoms with Crippen LogP contribution in [0.3, 0.4) is 0 Å². The van der Waals surface area contributed by atoms with Crippen molar-refractivity contribution in [3.8, 4) is 5.75 Å². The molecule has 1 fully saturated rings. The lowest BCUT2D eigenvalue weighted by molar-refractivity contribution is 0.414. The topological polar surface area (TPSA) is 50.6 Å². The van der Waals surface area contributed by atoms with Crippen LogP contribution in [0.4, 0.5) is 5.82 Å². The van der Waals surface area contributed by atoms with Crippen molar-refractivity contribution in [2.75, 3.05) is 44.4 Å². The minimum atomic E-state index is -0.0587. The molecular formula is C17H21BrN4O2S. The lowest BCUT2D eigenvalue weighted by Crippen LogP contribution is -2.46. The Hall–Kier alpha value is -1.51. The van der Waals surface area contributed by atoms with E-state index < -0.39 is 0 Å². The maximum Gasteiger partial charge on any atom is 0.293 e. The largest absolute Gasteiger partial charge is 0.497 e. The van der Waals surface area contributed by atoms with Crippen LogP contribution in [0.5, 0.6) is 5.75 Å². The van der Waals surface area contributed by atoms with Gasteiger partial charge >= 0.3 is 0 Å². The van der Waals surface area contributed by atoms with E-state index in [0.717, 1.165) is 37.5 Å². The Bertz CT molecular complexity index is 773. The molecular weight excluding hydrogens is 404 g/mol. The van der Waals surface area contributed by atoms with Gasteiger partial charge in [-0.2, -0.15) is 0 Å². The number of nitrogens with zero attached hydrogens (tertiary/aromatic N) is 4. The molecule has 25 heavy (non-hydrogen) atoms. The van der Waals surface area contributed by atoms with Crippen LogP contribution in [0.25, 0.3) is 0 Å². The Morgan fingerprint density at radius 2 is 1.88 bits per heavy atom. The molecule has 6 nitrogen and oxygen atoms in total. The molecule has 2 heterocycles. The SMILES string of the molecule is COc1ccc(Cn2cc(Br)nc(N3CCN(SC)CC3)c2=O)cc1. The summed E-state index contributed by atoms with van der Waals surface area (Å²) in [5.74, 6) is 1.32. The first-order chi connectivity index (χ1) is 12.1. The maximum absolute atomic E-state index is 12.9. The summed E-state index contributed by atoms with van der Waals surface area (Å²) >= 11 is 5.19. The van der Waals surface area contributed by atoms with E-state index in [4.69, 9.17) is 4.74 Å². The Balaban J connectivity index is 1.83. The summed E-state index contributed by atoms with van der Waals surface area (Å²) in [4.78, 5) is 19.4. The molecule has 3 rings (SSSR count). The molecule has 0 saturated carbocycles. The zero-order valence-corrected chi connectivity index (χ0v) is 16.7. The van der Waals surface area contributed by atoms with Gasteiger partial charge in [-0.15, -0.1) is 0 Å². The van der Waals surface area contributed by atoms with Gasteiger partial charge in [-0.25, -0.2) is 9.29 Å². The van der Waals surface area contributed by atoms with E-state index in [0.29, 0.717) is 17.0 Å². The third-order valence-corrected chi connectivity index (χ3v) is 5.50. The summed E-state index contributed by atoms with van der Waals surface area (Å²) in [7, 11) is 1.64. The molecule has 0 aliphatic carbocycles. The fourth-order valence-corrected chi connectivity index (χ4v) is 3.77. The fraction of sp³-hybridized carbons (Fsp3) is 0.412. The molecule has 1 aromatic carbocycles. The van der Waals surface area contributed by atoms with Gasteiger partial charge in [0.2, 0.25) is 0 Å². The normalized spacial score (nSPS) is 15.4. The van der Waals surface area contributed by atoms with Crippen LogP contribution in [0.1, 0.15) is 5.56 Å². The van der Waals surface area contributed by atoms with Gasteiger partial charge in [0.15, 0.2) is 5.82 Å². The van der Waals surface area contributed by atoms with Crippen molar-refractivity contribution in [3.63, 3.8) is 0 Å². The number of anilines is 1. The predicted octanol–water partition coefficient (Wildman–Crippen LogP) is 2.46. The standard InChI is InChI=1S/C17H21BrN4O2S/c1-24-14-5-3-13(4-6-14)11-21-12-15(18)19-16(17(21)23)20-7-9-22(25-2)10-8-20/h3-6,12H,7-11H2,1-2H3. The molecule has 0 N–H and O–H groups in total. The summed E-state index contributed by atoms with van der Waals surface area (Å²) in [6, 6.07) is 7.74. The second-order valence-corrected chi connectivity index (χ2v) is 7.46. The fourth-order valence-electron chi connectivity index (χ4n) is 2.83. The third kappa shape index (κ3) is 4.37. The molecule has 134 valence electrons. The third-order valence-electron chi connectivity index (χ3n) is 4.24. The Labute approximate surface area is 160 Å². The van der Waals surface area contributed by atoms with Crippen molar-refractivity contribution in [1.82, 2.24) is 13.9 Å². The van der Waals surface area contributed by atoms with E-state index in [9.17, 15) is 4.79 Å². The zero-order chi connectivity index (χ0) is 17.8. The molecule has 0 spiro atoms. The Morgan fingerprint density at radius 3 is 2.48 bits per heavy atom. The molecule has 0 atom stereocenters. The van der Waals surface area contributed by atoms with Crippen LogP contribution in [0, 0.1) is 0 Å². The van der Waals surface area contributed by atoms with Crippen LogP contribution < -0.4 is 15.2 Å². The van der Waals surface area contributed by atoms with Crippen LogP contribution >= 0.6 is 27.9 Å². The highest BCUT2D eigenvalue weighted by molar-refractivity contribution is 9.10. The van der Waals surface area contributed by atoms with Crippen LogP contribution in [-0.4, -0.2) is 53.4 Å². The minimum absolute atomic E-state index is 0.0587. The number of piperazine rings is 1. The number of benzene rings is 1. The van der Waals surface area contributed by atoms with Gasteiger partial charge in [-0.1, -0.05) is 24.1 Å². The van der Waals surface area contributed by atoms with E-state index in [1.807, 2.05) is 24.3 Å². The zero-order valence-electron chi connectivity index (χ0n) is 14.3. The van der Waals surface area contributed by atoms with E-state index in [-0.39, 0.29) is 5.56 Å². The van der Waals surface area contributed by atoms with Gasteiger partial charge < -0.3 is 14.2 Å². The highest BCUT2D eigenvalue weighted by atomic mass is 79.9. The predicted molar refractivity (Wildman–Crippen MR) is 106 cm³/mol. The summed E-state index contributed by atoms with van der Waals surface area (Å²) in [6.07, 6.45) is 3.82. The number of ether oxygens (including phenoxy) is 1. The van der Waals surface area contributed by atoms with E-state index in [2.05, 4.69) is 36.4 Å². The first kappa shape index (κ1) is 18.3. The molecule has 1 saturated heterocycles. The monoisotopic (exact) mass is 424 g/mol. The first-order valence-electron chi connectivity index (χ1n) is 8.04. The van der Waals surface area contributed by atoms with Crippen molar-refractivity contribution in [3.05, 3.63) is 51.0 Å². The number of aromatic nitrogens is 2. The molecule has 8 heteroatoms. The van der Waals surface area contributed by atoms with Crippen molar-refractivity contribution in [2.45, 2.75) is 6.54 Å². The Kier molecular flexibility index (Phi) is 6.03. The molecule has 0 unspecified atom stereocenters. The van der Waals surface area contributed by atoms with Crippen LogP contribution in [0.15, 0.2) is 39.9 Å². The molecule has 0 amide bonds. The van der Waals surface area contributed by atoms with Gasteiger partial charge in [-0.05, 0) is 39.9 Å². The second-order valence-electron chi connectivity index (χ2n) is 5.77. The molecule has 0 bridgehead atoms. The van der Waals surface area contributed by atoms with Crippen LogP contribution in [0.2, 0.25) is 0 Å². The molecule has 0 radical (unpaired) electrons. The van der Waals surface area contributed by atoms with Crippen molar-refractivity contribution < 1.29 is 4.74 Å². The number of hydrogen-bond donors (Lipinski definition) is 0. The molecule has 1 aromatic heterocycles. The van der Waals surface area contributed by atoms with Crippen LogP contribution in [-0.2, 0) is 6.54 Å². The van der Waals surface area contributed by atoms with E-state index in [1.54, 1.807) is 29.8 Å². The van der Waals surface area contributed by atoms with Gasteiger partial charge in [0.25, 0.3) is 5.56 Å². The molecule has 2 aromatic rings. The highest BCUT2D eigenvalue weighted by Crippen LogP contribution is 2.17. The number of methoxy groups -OCH3 is 1. The summed E-state index contributed by atoms with van der Waals surface area (Å²) in [5, 5.41) is 0. The van der Waals surface area contributed by atoms with Crippen molar-refractivity contribution in [2.24, 2.45) is 0 Å². The summed E-state index contributed by atoms with van der Waals surface area (Å²) < 4.78 is 9.85. The lowest BCUT2D eigenvalue weighted by atomic mass is 10.2. The van der Waals surface area contributed by atoms with Gasteiger partial charge in [0, 0.05) is 32.4 Å². The smallest absolute Gasteiger partial charge is 0.293 e. The number of hydrogen-bond acceptors (Lipinski definition) is 6. The summed E-state index contributed by atoms with van der Waals surface area (Å²) in [5.41, 5.74) is 0.982. The average Bonchev–Trinajstić information content (AvgIpc) is 2.65. The lowest BCUT2D eigenvalue weighted by Gasteiger charge is -2.33. The van der Waals surface area contributed by atoms with Gasteiger partial charge in [0.05, 0.1) is 13.7 Å². The minimum Gasteiger partial charge on any atom is -0.497 e. The quantitative estimate of drug-likeness (QED) is 0.687. The summed E-state index contributed by atoms with van der Waals surface area (Å²) in [6.45, 7) is 3.96. The first-order valence-corrected chi connectivity index (χ1v) is 10.0. The number of halogens is 1. The van der Waals surface area contributed by atoms with Gasteiger partial charge in [-0.3, -0.25) is 4.79 Å². The van der Waals surface area contributed by atoms with Crippen molar-refractivity contribution >= 4 is 33.7 Å². The highest BCUT2D eigenvalue weighted by Gasteiger charge is 2.21. The van der Waals surface area contributed by atoms with Gasteiger partial charge in [0.1, 0.15) is 10.4 Å². The number of rotatable bonds is 5. The average molecular weight is 425 g/mol. The van der Waals surface area contributed by atoms with Crippen molar-refractivity contribution in [1.29, 1.82) is 0 Å². The van der Waals surface area contributed by atoms with E-state index >= 15 is 0 Å². The Morgan fingerprint density at radius 1 is 1.20 bits per heavy atom.